The maximum atomic E-state index is 5.23. The van der Waals surface area contributed by atoms with Crippen molar-refractivity contribution in [3.8, 4) is 0 Å². The van der Waals surface area contributed by atoms with Crippen molar-refractivity contribution in [1.29, 1.82) is 0 Å². The van der Waals surface area contributed by atoms with Crippen LogP contribution in [0.3, 0.4) is 0 Å². The lowest BCUT2D eigenvalue weighted by atomic mass is 10.1. The monoisotopic (exact) mass is 326 g/mol. The summed E-state index contributed by atoms with van der Waals surface area (Å²) in [7, 11) is 0. The molecule has 108 valence electrons. The minimum absolute atomic E-state index is 0.773. The van der Waals surface area contributed by atoms with E-state index in [-0.39, 0.29) is 0 Å². The van der Waals surface area contributed by atoms with Gasteiger partial charge in [0, 0.05) is 23.2 Å². The highest BCUT2D eigenvalue weighted by molar-refractivity contribution is 9.10. The van der Waals surface area contributed by atoms with Crippen LogP contribution in [0.4, 0.5) is 5.69 Å². The fourth-order valence-corrected chi connectivity index (χ4v) is 2.60. The molecule has 1 aliphatic rings. The third-order valence-electron chi connectivity index (χ3n) is 3.28. The molecule has 0 aliphatic carbocycles. The Morgan fingerprint density at radius 2 is 2.11 bits per heavy atom. The van der Waals surface area contributed by atoms with Crippen molar-refractivity contribution in [3.63, 3.8) is 0 Å². The second-order valence-electron chi connectivity index (χ2n) is 5.48. The van der Waals surface area contributed by atoms with E-state index in [9.17, 15) is 0 Å². The van der Waals surface area contributed by atoms with Gasteiger partial charge in [0.2, 0.25) is 0 Å². The summed E-state index contributed by atoms with van der Waals surface area (Å²) in [6, 6.07) is 6.60. The predicted molar refractivity (Wildman–Crippen MR) is 88.9 cm³/mol. The van der Waals surface area contributed by atoms with Gasteiger partial charge in [-0.1, -0.05) is 42.8 Å². The second kappa shape index (κ2) is 8.60. The van der Waals surface area contributed by atoms with Crippen LogP contribution in [0.1, 0.15) is 39.2 Å². The zero-order chi connectivity index (χ0) is 14.3. The van der Waals surface area contributed by atoms with Crippen LogP contribution in [0, 0.1) is 5.92 Å². The fourth-order valence-electron chi connectivity index (χ4n) is 2.25. The Labute approximate surface area is 126 Å². The van der Waals surface area contributed by atoms with E-state index in [4.69, 9.17) is 5.73 Å². The van der Waals surface area contributed by atoms with Gasteiger partial charge in [0.15, 0.2) is 0 Å². The summed E-state index contributed by atoms with van der Waals surface area (Å²) in [4.78, 5) is 2.47. The lowest BCUT2D eigenvalue weighted by Crippen LogP contribution is -2.20. The summed E-state index contributed by atoms with van der Waals surface area (Å²) in [5, 5.41) is 0. The molecular formula is C16H27BrN2. The fraction of sp³-hybridized carbons (Fsp3) is 0.625. The molecular weight excluding hydrogens is 300 g/mol. The smallest absolute Gasteiger partial charge is 0.0410 e. The molecule has 2 N–H and O–H groups in total. The van der Waals surface area contributed by atoms with Gasteiger partial charge in [-0.15, -0.1) is 0 Å². The van der Waals surface area contributed by atoms with E-state index in [1.807, 2.05) is 0 Å². The van der Waals surface area contributed by atoms with Crippen molar-refractivity contribution in [2.24, 2.45) is 11.7 Å². The quantitative estimate of drug-likeness (QED) is 0.897. The number of nitrogens with two attached hydrogens (primary N) is 1. The molecule has 0 saturated heterocycles. The van der Waals surface area contributed by atoms with Crippen LogP contribution in [0.25, 0.3) is 0 Å². The predicted octanol–water partition coefficient (Wildman–Crippen LogP) is 4.21. The number of rotatable bonds is 4. The summed E-state index contributed by atoms with van der Waals surface area (Å²) in [6.07, 6.45) is 3.59. The van der Waals surface area contributed by atoms with E-state index in [0.29, 0.717) is 0 Å². The molecule has 1 aromatic rings. The first-order chi connectivity index (χ1) is 9.08. The van der Waals surface area contributed by atoms with Gasteiger partial charge in [-0.05, 0) is 49.4 Å². The largest absolute Gasteiger partial charge is 0.371 e. The van der Waals surface area contributed by atoms with Crippen molar-refractivity contribution >= 4 is 21.6 Å². The molecule has 1 heterocycles. The molecule has 0 radical (unpaired) electrons. The van der Waals surface area contributed by atoms with Crippen LogP contribution in [0.2, 0.25) is 0 Å². The third kappa shape index (κ3) is 5.53. The number of hydrogen-bond donors (Lipinski definition) is 1. The Kier molecular flexibility index (Phi) is 7.47. The minimum atomic E-state index is 0.773. The number of anilines is 1. The van der Waals surface area contributed by atoms with Crippen LogP contribution in [0.5, 0.6) is 0 Å². The average Bonchev–Trinajstić information content (AvgIpc) is 2.73. The molecule has 0 amide bonds. The topological polar surface area (TPSA) is 29.3 Å². The summed E-state index contributed by atoms with van der Waals surface area (Å²) < 4.78 is 1.19. The van der Waals surface area contributed by atoms with Crippen molar-refractivity contribution in [3.05, 3.63) is 28.2 Å². The molecule has 0 unspecified atom stereocenters. The molecule has 3 heteroatoms. The van der Waals surface area contributed by atoms with E-state index < -0.39 is 0 Å². The first-order valence-corrected chi connectivity index (χ1v) is 8.11. The highest BCUT2D eigenvalue weighted by Gasteiger charge is 2.17. The summed E-state index contributed by atoms with van der Waals surface area (Å²) in [5.41, 5.74) is 8.15. The Morgan fingerprint density at radius 1 is 1.37 bits per heavy atom. The lowest BCUT2D eigenvalue weighted by Gasteiger charge is -2.18. The van der Waals surface area contributed by atoms with Gasteiger partial charge >= 0.3 is 0 Å². The molecule has 0 spiro atoms. The molecule has 19 heavy (non-hydrogen) atoms. The number of nitrogens with zero attached hydrogens (tertiary/aromatic N) is 1. The van der Waals surface area contributed by atoms with Crippen LogP contribution in [0.15, 0.2) is 22.7 Å². The van der Waals surface area contributed by atoms with Gasteiger partial charge in [0.25, 0.3) is 0 Å². The van der Waals surface area contributed by atoms with Crippen molar-refractivity contribution < 1.29 is 0 Å². The molecule has 0 bridgehead atoms. The zero-order valence-electron chi connectivity index (χ0n) is 12.5. The summed E-state index contributed by atoms with van der Waals surface area (Å²) in [5.74, 6) is 0.773. The maximum absolute atomic E-state index is 5.23. The highest BCUT2D eigenvalue weighted by atomic mass is 79.9. The molecule has 2 rings (SSSR count). The van der Waals surface area contributed by atoms with Crippen LogP contribution >= 0.6 is 15.9 Å². The first-order valence-electron chi connectivity index (χ1n) is 7.31. The van der Waals surface area contributed by atoms with Gasteiger partial charge in [0.1, 0.15) is 0 Å². The van der Waals surface area contributed by atoms with E-state index in [2.05, 4.69) is 59.8 Å². The van der Waals surface area contributed by atoms with Gasteiger partial charge in [0.05, 0.1) is 0 Å². The maximum Gasteiger partial charge on any atom is 0.0410 e. The lowest BCUT2D eigenvalue weighted by molar-refractivity contribution is 0.596. The highest BCUT2D eigenvalue weighted by Crippen LogP contribution is 2.30. The van der Waals surface area contributed by atoms with Crippen molar-refractivity contribution in [2.75, 3.05) is 24.5 Å². The molecule has 1 aromatic carbocycles. The third-order valence-corrected chi connectivity index (χ3v) is 3.77. The van der Waals surface area contributed by atoms with Crippen LogP contribution < -0.4 is 10.6 Å². The number of fused-ring (bicyclic) bond motifs is 1. The van der Waals surface area contributed by atoms with Gasteiger partial charge in [-0.2, -0.15) is 0 Å². The SMILES string of the molecule is CC(C)CCN.CCCN1CCc2ccc(Br)cc21. The zero-order valence-corrected chi connectivity index (χ0v) is 14.0. The average molecular weight is 327 g/mol. The van der Waals surface area contributed by atoms with E-state index >= 15 is 0 Å². The van der Waals surface area contributed by atoms with E-state index in [0.717, 1.165) is 18.9 Å². The molecule has 0 saturated carbocycles. The van der Waals surface area contributed by atoms with E-state index in [1.165, 1.54) is 41.7 Å². The van der Waals surface area contributed by atoms with Gasteiger partial charge in [-0.25, -0.2) is 0 Å². The molecule has 2 nitrogen and oxygen atoms in total. The number of hydrogen-bond acceptors (Lipinski definition) is 2. The van der Waals surface area contributed by atoms with Gasteiger partial charge < -0.3 is 10.6 Å². The number of benzene rings is 1. The van der Waals surface area contributed by atoms with E-state index in [1.54, 1.807) is 0 Å². The standard InChI is InChI=1S/C11H14BrN.C5H13N/c1-2-6-13-7-5-9-3-4-10(12)8-11(9)13;1-5(2)3-4-6/h3-4,8H,2,5-7H2,1H3;5H,3-4,6H2,1-2H3. The normalized spacial score (nSPS) is 13.3. The summed E-state index contributed by atoms with van der Waals surface area (Å²) >= 11 is 3.52. The molecule has 0 fully saturated rings. The Morgan fingerprint density at radius 3 is 2.63 bits per heavy atom. The molecule has 0 atom stereocenters. The second-order valence-corrected chi connectivity index (χ2v) is 6.40. The van der Waals surface area contributed by atoms with Crippen molar-refractivity contribution in [2.45, 2.75) is 40.0 Å². The van der Waals surface area contributed by atoms with Crippen LogP contribution in [-0.2, 0) is 6.42 Å². The Balaban J connectivity index is 0.000000258. The first kappa shape index (κ1) is 16.5. The van der Waals surface area contributed by atoms with Crippen LogP contribution in [-0.4, -0.2) is 19.6 Å². The minimum Gasteiger partial charge on any atom is -0.371 e. The van der Waals surface area contributed by atoms with Gasteiger partial charge in [-0.3, -0.25) is 0 Å². The Bertz CT molecular complexity index is 375. The Hall–Kier alpha value is -0.540. The number of halogens is 1. The molecule has 1 aliphatic heterocycles. The molecule has 0 aromatic heterocycles. The van der Waals surface area contributed by atoms with Crippen molar-refractivity contribution in [1.82, 2.24) is 0 Å². The summed E-state index contributed by atoms with van der Waals surface area (Å²) in [6.45, 7) is 9.79.